The number of ketones is 1. The van der Waals surface area contributed by atoms with Crippen LogP contribution >= 0.6 is 11.6 Å². The van der Waals surface area contributed by atoms with E-state index in [0.717, 1.165) is 17.7 Å². The van der Waals surface area contributed by atoms with Crippen LogP contribution in [0.2, 0.25) is 5.02 Å². The molecule has 2 aromatic carbocycles. The summed E-state index contributed by atoms with van der Waals surface area (Å²) in [6.07, 6.45) is 0. The van der Waals surface area contributed by atoms with Gasteiger partial charge in [-0.15, -0.1) is 0 Å². The topological polar surface area (TPSA) is 17.1 Å². The van der Waals surface area contributed by atoms with Crippen molar-refractivity contribution in [3.63, 3.8) is 0 Å². The van der Waals surface area contributed by atoms with E-state index in [0.29, 0.717) is 6.07 Å². The predicted octanol–water partition coefficient (Wildman–Crippen LogP) is 4.16. The molecule has 92 valence electrons. The van der Waals surface area contributed by atoms with Crippen molar-refractivity contribution < 1.29 is 13.6 Å². The summed E-state index contributed by atoms with van der Waals surface area (Å²) in [6.45, 7) is 1.84. The summed E-state index contributed by atoms with van der Waals surface area (Å²) in [4.78, 5) is 12.1. The van der Waals surface area contributed by atoms with Gasteiger partial charge in [0.05, 0.1) is 5.02 Å². The summed E-state index contributed by atoms with van der Waals surface area (Å²) < 4.78 is 26.1. The third kappa shape index (κ3) is 2.57. The van der Waals surface area contributed by atoms with Crippen molar-refractivity contribution in [3.8, 4) is 0 Å². The van der Waals surface area contributed by atoms with Gasteiger partial charge < -0.3 is 0 Å². The molecule has 0 saturated carbocycles. The molecule has 2 aromatic rings. The Kier molecular flexibility index (Phi) is 3.43. The summed E-state index contributed by atoms with van der Waals surface area (Å²) in [5, 5.41) is 0.268. The molecule has 0 fully saturated rings. The van der Waals surface area contributed by atoms with E-state index in [-0.39, 0.29) is 16.1 Å². The van der Waals surface area contributed by atoms with Crippen LogP contribution in [0.1, 0.15) is 21.5 Å². The number of rotatable bonds is 2. The minimum atomic E-state index is -0.790. The summed E-state index contributed by atoms with van der Waals surface area (Å²) in [5.41, 5.74) is 1.08. The first-order chi connectivity index (χ1) is 8.47. The highest BCUT2D eigenvalue weighted by atomic mass is 35.5. The molecular weight excluding hydrogens is 258 g/mol. The van der Waals surface area contributed by atoms with E-state index >= 15 is 0 Å². The molecule has 4 heteroatoms. The lowest BCUT2D eigenvalue weighted by atomic mass is 10.0. The van der Waals surface area contributed by atoms with Gasteiger partial charge in [0.2, 0.25) is 0 Å². The van der Waals surface area contributed by atoms with Crippen LogP contribution < -0.4 is 0 Å². The molecule has 0 aliphatic heterocycles. The van der Waals surface area contributed by atoms with E-state index < -0.39 is 17.4 Å². The maximum absolute atomic E-state index is 13.0. The standard InChI is InChI=1S/C14H9ClF2O/c1-8-2-3-12(13(15)4-8)14(18)9-5-10(16)7-11(17)6-9/h2-7H,1H3. The molecule has 0 saturated heterocycles. The Hall–Kier alpha value is -1.74. The minimum Gasteiger partial charge on any atom is -0.289 e. The van der Waals surface area contributed by atoms with Crippen LogP contribution in [0, 0.1) is 18.6 Å². The van der Waals surface area contributed by atoms with Gasteiger partial charge in [-0.3, -0.25) is 4.79 Å². The fourth-order valence-electron chi connectivity index (χ4n) is 1.64. The van der Waals surface area contributed by atoms with Crippen LogP contribution in [0.4, 0.5) is 8.78 Å². The minimum absolute atomic E-state index is 0.0572. The lowest BCUT2D eigenvalue weighted by Crippen LogP contribution is -2.03. The smallest absolute Gasteiger partial charge is 0.194 e. The Morgan fingerprint density at radius 2 is 1.67 bits per heavy atom. The van der Waals surface area contributed by atoms with Crippen LogP contribution in [0.15, 0.2) is 36.4 Å². The van der Waals surface area contributed by atoms with Crippen molar-refractivity contribution >= 4 is 17.4 Å². The first-order valence-corrected chi connectivity index (χ1v) is 5.62. The third-order valence-corrected chi connectivity index (χ3v) is 2.81. The van der Waals surface area contributed by atoms with E-state index in [9.17, 15) is 13.6 Å². The molecule has 0 aliphatic rings. The molecule has 0 spiro atoms. The SMILES string of the molecule is Cc1ccc(C(=O)c2cc(F)cc(F)c2)c(Cl)c1. The zero-order chi connectivity index (χ0) is 13.3. The van der Waals surface area contributed by atoms with E-state index in [1.807, 2.05) is 6.92 Å². The van der Waals surface area contributed by atoms with E-state index in [2.05, 4.69) is 0 Å². The Morgan fingerprint density at radius 3 is 2.22 bits per heavy atom. The molecule has 2 rings (SSSR count). The Labute approximate surface area is 108 Å². The number of hydrogen-bond donors (Lipinski definition) is 0. The summed E-state index contributed by atoms with van der Waals surface area (Å²) >= 11 is 5.95. The molecule has 0 heterocycles. The lowest BCUT2D eigenvalue weighted by molar-refractivity contribution is 0.103. The van der Waals surface area contributed by atoms with Crippen molar-refractivity contribution in [2.45, 2.75) is 6.92 Å². The zero-order valence-corrected chi connectivity index (χ0v) is 10.3. The number of carbonyl (C=O) groups is 1. The van der Waals surface area contributed by atoms with Gasteiger partial charge in [0.15, 0.2) is 5.78 Å². The molecule has 0 aromatic heterocycles. The molecule has 0 atom stereocenters. The Morgan fingerprint density at radius 1 is 1.06 bits per heavy atom. The molecule has 0 bridgehead atoms. The van der Waals surface area contributed by atoms with Crippen LogP contribution in [-0.2, 0) is 0 Å². The van der Waals surface area contributed by atoms with Gasteiger partial charge in [-0.2, -0.15) is 0 Å². The van der Waals surface area contributed by atoms with Gasteiger partial charge in [0, 0.05) is 17.2 Å². The monoisotopic (exact) mass is 266 g/mol. The number of hydrogen-bond acceptors (Lipinski definition) is 1. The first kappa shape index (κ1) is 12.7. The number of benzene rings is 2. The molecule has 0 radical (unpaired) electrons. The largest absolute Gasteiger partial charge is 0.289 e. The van der Waals surface area contributed by atoms with Gasteiger partial charge in [-0.25, -0.2) is 8.78 Å². The van der Waals surface area contributed by atoms with Gasteiger partial charge in [-0.1, -0.05) is 17.7 Å². The predicted molar refractivity (Wildman–Crippen MR) is 66.0 cm³/mol. The average Bonchev–Trinajstić information content (AvgIpc) is 2.26. The molecule has 0 amide bonds. The van der Waals surface area contributed by atoms with Gasteiger partial charge in [-0.05, 0) is 36.8 Å². The van der Waals surface area contributed by atoms with E-state index in [4.69, 9.17) is 11.6 Å². The van der Waals surface area contributed by atoms with Gasteiger partial charge in [0.25, 0.3) is 0 Å². The van der Waals surface area contributed by atoms with E-state index in [1.54, 1.807) is 18.2 Å². The number of halogens is 3. The molecule has 1 nitrogen and oxygen atoms in total. The second-order valence-corrected chi connectivity index (χ2v) is 4.38. The van der Waals surface area contributed by atoms with Crippen molar-refractivity contribution in [2.75, 3.05) is 0 Å². The average molecular weight is 267 g/mol. The second kappa shape index (κ2) is 4.86. The summed E-state index contributed by atoms with van der Waals surface area (Å²) in [5.74, 6) is -2.08. The first-order valence-electron chi connectivity index (χ1n) is 5.24. The number of aryl methyl sites for hydroxylation is 1. The number of carbonyl (C=O) groups excluding carboxylic acids is 1. The van der Waals surface area contributed by atoms with Crippen molar-refractivity contribution in [3.05, 3.63) is 69.7 Å². The molecular formula is C14H9ClF2O. The van der Waals surface area contributed by atoms with Crippen LogP contribution in [-0.4, -0.2) is 5.78 Å². The summed E-state index contributed by atoms with van der Waals surface area (Å²) in [6, 6.07) is 7.58. The van der Waals surface area contributed by atoms with Crippen molar-refractivity contribution in [2.24, 2.45) is 0 Å². The molecule has 0 N–H and O–H groups in total. The van der Waals surface area contributed by atoms with Gasteiger partial charge in [0.1, 0.15) is 11.6 Å². The third-order valence-electron chi connectivity index (χ3n) is 2.49. The fourth-order valence-corrected chi connectivity index (χ4v) is 1.97. The van der Waals surface area contributed by atoms with Crippen LogP contribution in [0.25, 0.3) is 0 Å². The fraction of sp³-hybridized carbons (Fsp3) is 0.0714. The quantitative estimate of drug-likeness (QED) is 0.746. The normalized spacial score (nSPS) is 10.4. The molecule has 0 aliphatic carbocycles. The van der Waals surface area contributed by atoms with Crippen LogP contribution in [0.5, 0.6) is 0 Å². The maximum Gasteiger partial charge on any atom is 0.194 e. The second-order valence-electron chi connectivity index (χ2n) is 3.97. The Balaban J connectivity index is 2.47. The highest BCUT2D eigenvalue weighted by Gasteiger charge is 2.14. The van der Waals surface area contributed by atoms with Crippen molar-refractivity contribution in [1.82, 2.24) is 0 Å². The van der Waals surface area contributed by atoms with Crippen molar-refractivity contribution in [1.29, 1.82) is 0 Å². The Bertz CT molecular complexity index is 603. The van der Waals surface area contributed by atoms with E-state index in [1.165, 1.54) is 0 Å². The maximum atomic E-state index is 13.0. The zero-order valence-electron chi connectivity index (χ0n) is 9.51. The molecule has 0 unspecified atom stereocenters. The van der Waals surface area contributed by atoms with Crippen LogP contribution in [0.3, 0.4) is 0 Å². The highest BCUT2D eigenvalue weighted by molar-refractivity contribution is 6.35. The lowest BCUT2D eigenvalue weighted by Gasteiger charge is -2.05. The van der Waals surface area contributed by atoms with Gasteiger partial charge >= 0.3 is 0 Å². The molecule has 18 heavy (non-hydrogen) atoms. The summed E-state index contributed by atoms with van der Waals surface area (Å²) in [7, 11) is 0. The highest BCUT2D eigenvalue weighted by Crippen LogP contribution is 2.21.